The number of nitrogens with one attached hydrogen (secondary N) is 4. The van der Waals surface area contributed by atoms with E-state index in [2.05, 4.69) is 21.3 Å². The minimum Gasteiger partial charge on any atom is -0.343 e. The fourth-order valence-corrected chi connectivity index (χ4v) is 3.84. The van der Waals surface area contributed by atoms with Gasteiger partial charge in [-0.15, -0.1) is 0 Å². The van der Waals surface area contributed by atoms with E-state index >= 15 is 0 Å². The van der Waals surface area contributed by atoms with E-state index in [-0.39, 0.29) is 47.3 Å². The maximum atomic E-state index is 13.2. The Kier molecular flexibility index (Phi) is 11.2. The van der Waals surface area contributed by atoms with Crippen molar-refractivity contribution in [1.29, 1.82) is 0 Å². The Morgan fingerprint density at radius 3 is 1.12 bits per heavy atom. The van der Waals surface area contributed by atoms with Crippen LogP contribution in [-0.2, 0) is 19.2 Å². The zero-order valence-electron chi connectivity index (χ0n) is 21.1. The maximum absolute atomic E-state index is 13.2. The molecule has 0 aromatic carbocycles. The third kappa shape index (κ3) is 8.10. The monoisotopic (exact) mass is 452 g/mol. The van der Waals surface area contributed by atoms with Crippen molar-refractivity contribution < 1.29 is 19.2 Å². The summed E-state index contributed by atoms with van der Waals surface area (Å²) < 4.78 is 0. The van der Waals surface area contributed by atoms with Crippen LogP contribution in [0.3, 0.4) is 0 Å². The van der Waals surface area contributed by atoms with Crippen molar-refractivity contribution in [2.75, 3.05) is 0 Å². The van der Waals surface area contributed by atoms with E-state index in [1.807, 2.05) is 55.4 Å². The highest BCUT2D eigenvalue weighted by atomic mass is 16.2. The van der Waals surface area contributed by atoms with Gasteiger partial charge in [0.05, 0.1) is 0 Å². The molecule has 0 unspecified atom stereocenters. The zero-order chi connectivity index (χ0) is 24.6. The van der Waals surface area contributed by atoms with Gasteiger partial charge in [-0.2, -0.15) is 0 Å². The van der Waals surface area contributed by atoms with Gasteiger partial charge < -0.3 is 21.3 Å². The molecule has 0 spiro atoms. The third-order valence-corrected chi connectivity index (χ3v) is 6.27. The lowest BCUT2D eigenvalue weighted by atomic mass is 9.93. The molecule has 32 heavy (non-hydrogen) atoms. The third-order valence-electron chi connectivity index (χ3n) is 6.27. The number of carbonyl (C=O) groups is 4. The largest absolute Gasteiger partial charge is 0.343 e. The van der Waals surface area contributed by atoms with Crippen LogP contribution in [-0.4, -0.2) is 47.8 Å². The van der Waals surface area contributed by atoms with Crippen LogP contribution in [0.4, 0.5) is 0 Å². The minimum atomic E-state index is -0.786. The van der Waals surface area contributed by atoms with Gasteiger partial charge in [-0.3, -0.25) is 19.2 Å². The van der Waals surface area contributed by atoms with E-state index in [0.717, 1.165) is 0 Å². The molecule has 1 fully saturated rings. The van der Waals surface area contributed by atoms with Gasteiger partial charge in [0.15, 0.2) is 0 Å². The molecule has 8 nitrogen and oxygen atoms in total. The topological polar surface area (TPSA) is 116 Å². The van der Waals surface area contributed by atoms with Crippen molar-refractivity contribution in [1.82, 2.24) is 21.3 Å². The molecule has 1 rings (SSSR count). The molecule has 1 heterocycles. The van der Waals surface area contributed by atoms with Crippen LogP contribution >= 0.6 is 0 Å². The lowest BCUT2D eigenvalue weighted by Gasteiger charge is -2.33. The summed E-state index contributed by atoms with van der Waals surface area (Å²) in [5.41, 5.74) is 0. The number of hydrogen-bond acceptors (Lipinski definition) is 4. The van der Waals surface area contributed by atoms with E-state index in [4.69, 9.17) is 0 Å². The summed E-state index contributed by atoms with van der Waals surface area (Å²) in [5.74, 6) is -1.44. The molecule has 1 aliphatic heterocycles. The number of rotatable bonds is 8. The highest BCUT2D eigenvalue weighted by Gasteiger charge is 2.37. The average molecular weight is 453 g/mol. The van der Waals surface area contributed by atoms with Crippen LogP contribution < -0.4 is 21.3 Å². The highest BCUT2D eigenvalue weighted by molar-refractivity contribution is 5.97. The molecular formula is C24H44N4O4. The first-order valence-corrected chi connectivity index (χ1v) is 12.1. The second-order valence-electron chi connectivity index (χ2n) is 10.1. The van der Waals surface area contributed by atoms with Crippen LogP contribution in [0.5, 0.6) is 0 Å². The summed E-state index contributed by atoms with van der Waals surface area (Å²) in [6.07, 6.45) is 2.22. The summed E-state index contributed by atoms with van der Waals surface area (Å²) in [6.45, 7) is 15.6. The lowest BCUT2D eigenvalue weighted by molar-refractivity contribution is -0.138. The van der Waals surface area contributed by atoms with Crippen molar-refractivity contribution in [2.24, 2.45) is 23.7 Å². The van der Waals surface area contributed by atoms with Crippen molar-refractivity contribution in [3.63, 3.8) is 0 Å². The first-order valence-electron chi connectivity index (χ1n) is 12.1. The zero-order valence-corrected chi connectivity index (χ0v) is 21.1. The molecule has 4 amide bonds. The SMILES string of the molecule is CC[C@H](C)[C@@H]1NC(=O)[C@H](CC(C)C)NC(=O)[C@H]([C@@H](C)CC)NC(=O)[C@H](CC(C)C)NC1=O. The fraction of sp³-hybridized carbons (Fsp3) is 0.833. The Morgan fingerprint density at radius 1 is 0.562 bits per heavy atom. The number of amides is 4. The van der Waals surface area contributed by atoms with Crippen LogP contribution in [0.25, 0.3) is 0 Å². The van der Waals surface area contributed by atoms with Crippen LogP contribution in [0.1, 0.15) is 81.1 Å². The predicted octanol–water partition coefficient (Wildman–Crippen LogP) is 2.12. The summed E-state index contributed by atoms with van der Waals surface area (Å²) in [6, 6.07) is -3.13. The maximum Gasteiger partial charge on any atom is 0.243 e. The summed E-state index contributed by atoms with van der Waals surface area (Å²) in [7, 11) is 0. The van der Waals surface area contributed by atoms with Gasteiger partial charge in [0.25, 0.3) is 0 Å². The van der Waals surface area contributed by atoms with Crippen molar-refractivity contribution in [3.05, 3.63) is 0 Å². The number of hydrogen-bond donors (Lipinski definition) is 4. The molecule has 0 aromatic heterocycles. The van der Waals surface area contributed by atoms with E-state index in [9.17, 15) is 19.2 Å². The van der Waals surface area contributed by atoms with Gasteiger partial charge in [-0.25, -0.2) is 0 Å². The molecular weight excluding hydrogens is 408 g/mol. The summed E-state index contributed by atoms with van der Waals surface area (Å²) in [4.78, 5) is 52.7. The molecule has 0 radical (unpaired) electrons. The Morgan fingerprint density at radius 2 is 0.875 bits per heavy atom. The fourth-order valence-electron chi connectivity index (χ4n) is 3.84. The smallest absolute Gasteiger partial charge is 0.243 e. The van der Waals surface area contributed by atoms with Crippen LogP contribution in [0, 0.1) is 23.7 Å². The molecule has 0 saturated carbocycles. The standard InChI is InChI=1S/C24H44N4O4/c1-9-15(7)19-23(31)25-18(12-14(5)6)22(30)28-20(16(8)10-2)24(32)26-17(11-13(3)4)21(29)27-19/h13-20H,9-12H2,1-8H3,(H,25,31)(H,26,32)(H,27,29)(H,28,30)/t15-,16-,17-,18-,19-,20-/m0/s1. The molecule has 0 bridgehead atoms. The minimum absolute atomic E-state index is 0.132. The second kappa shape index (κ2) is 12.8. The predicted molar refractivity (Wildman–Crippen MR) is 126 cm³/mol. The van der Waals surface area contributed by atoms with Gasteiger partial charge in [-0.05, 0) is 36.5 Å². The molecule has 184 valence electrons. The average Bonchev–Trinajstić information content (AvgIpc) is 2.71. The lowest BCUT2D eigenvalue weighted by Crippen LogP contribution is -2.63. The van der Waals surface area contributed by atoms with Crippen molar-refractivity contribution in [2.45, 2.75) is 105 Å². The number of carbonyl (C=O) groups excluding carboxylic acids is 4. The Balaban J connectivity index is 3.41. The second-order valence-corrected chi connectivity index (χ2v) is 10.1. The summed E-state index contributed by atoms with van der Waals surface area (Å²) in [5, 5.41) is 11.4. The summed E-state index contributed by atoms with van der Waals surface area (Å²) >= 11 is 0. The first kappa shape index (κ1) is 27.9. The molecule has 6 atom stereocenters. The highest BCUT2D eigenvalue weighted by Crippen LogP contribution is 2.15. The van der Waals surface area contributed by atoms with E-state index in [1.165, 1.54) is 0 Å². The normalized spacial score (nSPS) is 27.6. The Hall–Kier alpha value is -2.12. The molecule has 4 N–H and O–H groups in total. The van der Waals surface area contributed by atoms with Crippen molar-refractivity contribution in [3.8, 4) is 0 Å². The van der Waals surface area contributed by atoms with Crippen LogP contribution in [0.15, 0.2) is 0 Å². The molecule has 8 heteroatoms. The van der Waals surface area contributed by atoms with Gasteiger partial charge >= 0.3 is 0 Å². The van der Waals surface area contributed by atoms with Gasteiger partial charge in [-0.1, -0.05) is 68.2 Å². The van der Waals surface area contributed by atoms with Gasteiger partial charge in [0, 0.05) is 0 Å². The van der Waals surface area contributed by atoms with Gasteiger partial charge in [0.2, 0.25) is 23.6 Å². The van der Waals surface area contributed by atoms with Crippen LogP contribution in [0.2, 0.25) is 0 Å². The van der Waals surface area contributed by atoms with E-state index < -0.39 is 24.2 Å². The van der Waals surface area contributed by atoms with E-state index in [0.29, 0.717) is 25.7 Å². The van der Waals surface area contributed by atoms with E-state index in [1.54, 1.807) is 0 Å². The first-order chi connectivity index (χ1) is 14.9. The molecule has 1 saturated heterocycles. The van der Waals surface area contributed by atoms with Gasteiger partial charge in [0.1, 0.15) is 24.2 Å². The molecule has 0 aliphatic carbocycles. The Labute approximate surface area is 193 Å². The van der Waals surface area contributed by atoms with Crippen molar-refractivity contribution >= 4 is 23.6 Å². The molecule has 1 aliphatic rings. The Bertz CT molecular complexity index is 608. The molecule has 0 aromatic rings. The quantitative estimate of drug-likeness (QED) is 0.451.